The van der Waals surface area contributed by atoms with Gasteiger partial charge >= 0.3 is 0 Å². The molecular weight excluding hydrogens is 385 g/mol. The molecule has 7 nitrogen and oxygen atoms in total. The minimum atomic E-state index is -3.86. The number of hydrogen-bond donors (Lipinski definition) is 3. The van der Waals surface area contributed by atoms with Crippen LogP contribution < -0.4 is 15.4 Å². The number of anilines is 1. The van der Waals surface area contributed by atoms with Gasteiger partial charge in [0.15, 0.2) is 0 Å². The second-order valence-corrected chi connectivity index (χ2v) is 7.68. The maximum Gasteiger partial charge on any atom is 0.261 e. The van der Waals surface area contributed by atoms with Gasteiger partial charge in [-0.15, -0.1) is 0 Å². The quantitative estimate of drug-likeness (QED) is 0.593. The summed E-state index contributed by atoms with van der Waals surface area (Å²) in [4.78, 5) is 23.5. The maximum atomic E-state index is 12.9. The number of hydrogen-bond acceptors (Lipinski definition) is 4. The van der Waals surface area contributed by atoms with Crippen LogP contribution in [-0.4, -0.2) is 33.3 Å². The van der Waals surface area contributed by atoms with E-state index in [1.807, 2.05) is 6.92 Å². The topological polar surface area (TPSA) is 104 Å². The van der Waals surface area contributed by atoms with Crippen LogP contribution in [0.5, 0.6) is 0 Å². The third kappa shape index (κ3) is 6.34. The van der Waals surface area contributed by atoms with Crippen LogP contribution in [0.2, 0.25) is 0 Å². The first-order valence-corrected chi connectivity index (χ1v) is 10.2. The zero-order chi connectivity index (χ0) is 20.6. The minimum absolute atomic E-state index is 0.0349. The van der Waals surface area contributed by atoms with E-state index in [0.717, 1.165) is 18.6 Å². The Morgan fingerprint density at radius 1 is 0.929 bits per heavy atom. The molecule has 0 radical (unpaired) electrons. The highest BCUT2D eigenvalue weighted by Crippen LogP contribution is 2.17. The van der Waals surface area contributed by atoms with E-state index < -0.39 is 21.7 Å². The molecule has 0 fully saturated rings. The first-order chi connectivity index (χ1) is 13.3. The average Bonchev–Trinajstić information content (AvgIpc) is 2.68. The smallest absolute Gasteiger partial charge is 0.261 e. The van der Waals surface area contributed by atoms with Crippen molar-refractivity contribution in [2.75, 3.05) is 17.8 Å². The van der Waals surface area contributed by atoms with Crippen molar-refractivity contribution in [1.82, 2.24) is 10.6 Å². The summed E-state index contributed by atoms with van der Waals surface area (Å²) in [5.41, 5.74) is 0.499. The first kappa shape index (κ1) is 21.4. The van der Waals surface area contributed by atoms with E-state index in [9.17, 15) is 22.4 Å². The summed E-state index contributed by atoms with van der Waals surface area (Å²) in [6.07, 6.45) is 1.00. The molecule has 28 heavy (non-hydrogen) atoms. The molecular formula is C19H22FN3O4S. The van der Waals surface area contributed by atoms with Gasteiger partial charge in [-0.25, -0.2) is 12.8 Å². The summed E-state index contributed by atoms with van der Waals surface area (Å²) >= 11 is 0. The molecule has 0 atom stereocenters. The van der Waals surface area contributed by atoms with Crippen LogP contribution in [0.4, 0.5) is 10.1 Å². The van der Waals surface area contributed by atoms with Crippen molar-refractivity contribution in [2.24, 2.45) is 0 Å². The van der Waals surface area contributed by atoms with Crippen LogP contribution in [0.15, 0.2) is 53.4 Å². The fourth-order valence-electron chi connectivity index (χ4n) is 2.26. The van der Waals surface area contributed by atoms with E-state index >= 15 is 0 Å². The fourth-order valence-corrected chi connectivity index (χ4v) is 3.32. The molecule has 2 rings (SSSR count). The van der Waals surface area contributed by atoms with Crippen LogP contribution in [0.3, 0.4) is 0 Å². The Morgan fingerprint density at radius 2 is 1.57 bits per heavy atom. The van der Waals surface area contributed by atoms with Crippen molar-refractivity contribution in [2.45, 2.75) is 24.7 Å². The van der Waals surface area contributed by atoms with Crippen LogP contribution in [-0.2, 0) is 14.8 Å². The van der Waals surface area contributed by atoms with E-state index in [2.05, 4.69) is 15.4 Å². The summed E-state index contributed by atoms with van der Waals surface area (Å²) in [7, 11) is -3.86. The van der Waals surface area contributed by atoms with Crippen LogP contribution in [0.1, 0.15) is 30.1 Å². The lowest BCUT2D eigenvalue weighted by atomic mass is 10.2. The zero-order valence-electron chi connectivity index (χ0n) is 15.4. The predicted octanol–water partition coefficient (Wildman–Crippen LogP) is 2.27. The van der Waals surface area contributed by atoms with Gasteiger partial charge in [-0.1, -0.05) is 6.92 Å². The monoisotopic (exact) mass is 407 g/mol. The SMILES string of the molecule is CCCNC(=O)CCNC(=O)c1ccc(S(=O)(=O)Nc2ccc(F)cc2)cc1. The second-order valence-electron chi connectivity index (χ2n) is 5.99. The van der Waals surface area contributed by atoms with Crippen LogP contribution >= 0.6 is 0 Å². The Labute approximate surface area is 163 Å². The Kier molecular flexibility index (Phi) is 7.51. The molecule has 2 aromatic rings. The fraction of sp³-hybridized carbons (Fsp3) is 0.263. The molecule has 0 aromatic heterocycles. The molecule has 0 saturated heterocycles. The van der Waals surface area contributed by atoms with Gasteiger partial charge in [0, 0.05) is 30.8 Å². The first-order valence-electron chi connectivity index (χ1n) is 8.75. The lowest BCUT2D eigenvalue weighted by Crippen LogP contribution is -2.31. The van der Waals surface area contributed by atoms with Crippen molar-refractivity contribution in [3.8, 4) is 0 Å². The highest BCUT2D eigenvalue weighted by atomic mass is 32.2. The number of rotatable bonds is 9. The molecule has 0 aliphatic heterocycles. The van der Waals surface area contributed by atoms with Crippen molar-refractivity contribution >= 4 is 27.5 Å². The molecule has 0 heterocycles. The van der Waals surface area contributed by atoms with Gasteiger partial charge in [-0.05, 0) is 55.0 Å². The van der Waals surface area contributed by atoms with E-state index in [1.165, 1.54) is 36.4 Å². The minimum Gasteiger partial charge on any atom is -0.356 e. The van der Waals surface area contributed by atoms with Gasteiger partial charge in [-0.3, -0.25) is 14.3 Å². The molecule has 0 aliphatic carbocycles. The normalized spacial score (nSPS) is 10.9. The van der Waals surface area contributed by atoms with Crippen molar-refractivity contribution < 1.29 is 22.4 Å². The molecule has 0 unspecified atom stereocenters. The summed E-state index contributed by atoms with van der Waals surface area (Å²) in [5.74, 6) is -1.02. The second kappa shape index (κ2) is 9.84. The van der Waals surface area contributed by atoms with Gasteiger partial charge in [-0.2, -0.15) is 0 Å². The highest BCUT2D eigenvalue weighted by molar-refractivity contribution is 7.92. The lowest BCUT2D eigenvalue weighted by molar-refractivity contribution is -0.120. The zero-order valence-corrected chi connectivity index (χ0v) is 16.2. The highest BCUT2D eigenvalue weighted by Gasteiger charge is 2.15. The van der Waals surface area contributed by atoms with Crippen LogP contribution in [0, 0.1) is 5.82 Å². The van der Waals surface area contributed by atoms with Gasteiger partial charge in [0.05, 0.1) is 4.90 Å². The van der Waals surface area contributed by atoms with Gasteiger partial charge in [0.2, 0.25) is 5.91 Å². The molecule has 2 amide bonds. The summed E-state index contributed by atoms with van der Waals surface area (Å²) in [6, 6.07) is 10.3. The van der Waals surface area contributed by atoms with Gasteiger partial charge in [0.1, 0.15) is 5.82 Å². The van der Waals surface area contributed by atoms with E-state index in [-0.39, 0.29) is 35.0 Å². The number of carbonyl (C=O) groups is 2. The molecule has 150 valence electrons. The summed E-state index contributed by atoms with van der Waals surface area (Å²) in [5, 5.41) is 5.32. The number of nitrogens with one attached hydrogen (secondary N) is 3. The Balaban J connectivity index is 1.93. The van der Waals surface area contributed by atoms with E-state index in [0.29, 0.717) is 6.54 Å². The van der Waals surface area contributed by atoms with Crippen molar-refractivity contribution in [1.29, 1.82) is 0 Å². The van der Waals surface area contributed by atoms with Crippen molar-refractivity contribution in [3.63, 3.8) is 0 Å². The van der Waals surface area contributed by atoms with Crippen molar-refractivity contribution in [3.05, 3.63) is 59.9 Å². The molecule has 9 heteroatoms. The Hall–Kier alpha value is -2.94. The third-order valence-electron chi connectivity index (χ3n) is 3.73. The predicted molar refractivity (Wildman–Crippen MR) is 104 cm³/mol. The number of benzene rings is 2. The van der Waals surface area contributed by atoms with E-state index in [1.54, 1.807) is 0 Å². The molecule has 3 N–H and O–H groups in total. The Bertz CT molecular complexity index is 913. The molecule has 0 bridgehead atoms. The number of sulfonamides is 1. The largest absolute Gasteiger partial charge is 0.356 e. The number of halogens is 1. The Morgan fingerprint density at radius 3 is 2.18 bits per heavy atom. The molecule has 0 spiro atoms. The summed E-state index contributed by atoms with van der Waals surface area (Å²) in [6.45, 7) is 2.72. The van der Waals surface area contributed by atoms with Gasteiger partial charge in [0.25, 0.3) is 15.9 Å². The molecule has 0 aliphatic rings. The lowest BCUT2D eigenvalue weighted by Gasteiger charge is -2.09. The maximum absolute atomic E-state index is 12.9. The number of amides is 2. The molecule has 0 saturated carbocycles. The third-order valence-corrected chi connectivity index (χ3v) is 5.13. The van der Waals surface area contributed by atoms with Gasteiger partial charge < -0.3 is 10.6 Å². The summed E-state index contributed by atoms with van der Waals surface area (Å²) < 4.78 is 39.9. The van der Waals surface area contributed by atoms with Crippen LogP contribution in [0.25, 0.3) is 0 Å². The number of carbonyl (C=O) groups excluding carboxylic acids is 2. The molecule has 2 aromatic carbocycles. The van der Waals surface area contributed by atoms with E-state index in [4.69, 9.17) is 0 Å². The standard InChI is InChI=1S/C19H22FN3O4S/c1-2-12-21-18(24)11-13-22-19(25)14-3-9-17(10-4-14)28(26,27)23-16-7-5-15(20)6-8-16/h3-10,23H,2,11-13H2,1H3,(H,21,24)(H,22,25). The average molecular weight is 407 g/mol.